The second-order valence-electron chi connectivity index (χ2n) is 6.00. The van der Waals surface area contributed by atoms with E-state index in [0.29, 0.717) is 11.3 Å². The van der Waals surface area contributed by atoms with Crippen molar-refractivity contribution in [2.75, 3.05) is 11.9 Å². The minimum Gasteiger partial charge on any atom is -0.462 e. The molecule has 2 heterocycles. The number of nitro groups is 1. The highest BCUT2D eigenvalue weighted by atomic mass is 16.6. The summed E-state index contributed by atoms with van der Waals surface area (Å²) in [6.07, 6.45) is 1.46. The number of fused-ring (bicyclic) bond motifs is 1. The number of aromatic nitrogens is 3. The number of non-ortho nitro benzene ring substituents is 1. The fraction of sp³-hybridized carbons (Fsp3) is 0.222. The van der Waals surface area contributed by atoms with Crippen molar-refractivity contribution in [1.82, 2.24) is 14.8 Å². The maximum atomic E-state index is 12.6. The van der Waals surface area contributed by atoms with Gasteiger partial charge in [-0.3, -0.25) is 19.6 Å². The molecule has 0 aliphatic carbocycles. The first-order valence-electron chi connectivity index (χ1n) is 8.37. The van der Waals surface area contributed by atoms with Gasteiger partial charge in [-0.2, -0.15) is 5.10 Å². The van der Waals surface area contributed by atoms with Gasteiger partial charge < -0.3 is 10.1 Å². The molecule has 144 valence electrons. The van der Waals surface area contributed by atoms with Gasteiger partial charge in [0.2, 0.25) is 0 Å². The molecule has 0 bridgehead atoms. The number of rotatable bonds is 5. The van der Waals surface area contributed by atoms with Crippen LogP contribution in [0.3, 0.4) is 0 Å². The second kappa shape index (κ2) is 7.43. The second-order valence-corrected chi connectivity index (χ2v) is 6.00. The van der Waals surface area contributed by atoms with Crippen molar-refractivity contribution in [1.29, 1.82) is 0 Å². The standard InChI is InChI=1S/C18H17N5O5/c1-4-28-18(25)12-5-11(6-14(7-12)23(26)27)17(24)20-13-8-15-10(2)21-22(3)16(15)19-9-13/h5-9H,4H2,1-3H3,(H,20,24). The normalized spacial score (nSPS) is 10.7. The Morgan fingerprint density at radius 1 is 1.25 bits per heavy atom. The summed E-state index contributed by atoms with van der Waals surface area (Å²) in [4.78, 5) is 39.3. The molecule has 0 saturated heterocycles. The van der Waals surface area contributed by atoms with Crippen molar-refractivity contribution in [3.63, 3.8) is 0 Å². The molecule has 0 aliphatic rings. The quantitative estimate of drug-likeness (QED) is 0.407. The molecule has 0 saturated carbocycles. The first-order chi connectivity index (χ1) is 13.3. The number of nitrogens with zero attached hydrogens (tertiary/aromatic N) is 4. The van der Waals surface area contributed by atoms with E-state index in [0.717, 1.165) is 23.2 Å². The van der Waals surface area contributed by atoms with Gasteiger partial charge in [-0.05, 0) is 26.0 Å². The van der Waals surface area contributed by atoms with Crippen LogP contribution in [-0.2, 0) is 11.8 Å². The van der Waals surface area contributed by atoms with Crippen LogP contribution < -0.4 is 5.32 Å². The number of esters is 1. The van der Waals surface area contributed by atoms with E-state index >= 15 is 0 Å². The van der Waals surface area contributed by atoms with Gasteiger partial charge in [0.1, 0.15) is 0 Å². The van der Waals surface area contributed by atoms with Crippen LogP contribution in [0.2, 0.25) is 0 Å². The molecule has 3 rings (SSSR count). The summed E-state index contributed by atoms with van der Waals surface area (Å²) in [5, 5.41) is 18.8. The Morgan fingerprint density at radius 3 is 2.64 bits per heavy atom. The first-order valence-corrected chi connectivity index (χ1v) is 8.37. The predicted molar refractivity (Wildman–Crippen MR) is 100 cm³/mol. The largest absolute Gasteiger partial charge is 0.462 e. The van der Waals surface area contributed by atoms with Crippen LogP contribution in [0.4, 0.5) is 11.4 Å². The lowest BCUT2D eigenvalue weighted by molar-refractivity contribution is -0.384. The molecule has 10 heteroatoms. The molecular weight excluding hydrogens is 366 g/mol. The van der Waals surface area contributed by atoms with Crippen LogP contribution in [0.15, 0.2) is 30.5 Å². The van der Waals surface area contributed by atoms with Crippen molar-refractivity contribution in [3.8, 4) is 0 Å². The van der Waals surface area contributed by atoms with Crippen LogP contribution in [0.5, 0.6) is 0 Å². The lowest BCUT2D eigenvalue weighted by atomic mass is 10.1. The summed E-state index contributed by atoms with van der Waals surface area (Å²) in [5.41, 5.74) is 1.32. The van der Waals surface area contributed by atoms with E-state index in [1.165, 1.54) is 12.3 Å². The Kier molecular flexibility index (Phi) is 5.03. The first kappa shape index (κ1) is 19.0. The zero-order valence-corrected chi connectivity index (χ0v) is 15.4. The van der Waals surface area contributed by atoms with Crippen molar-refractivity contribution in [3.05, 3.63) is 57.4 Å². The predicted octanol–water partition coefficient (Wildman–Crippen LogP) is 2.61. The molecular formula is C18H17N5O5. The number of aryl methyl sites for hydroxylation is 2. The van der Waals surface area contributed by atoms with Crippen molar-refractivity contribution < 1.29 is 19.2 Å². The maximum Gasteiger partial charge on any atom is 0.338 e. The Hall–Kier alpha value is -3.82. The summed E-state index contributed by atoms with van der Waals surface area (Å²) < 4.78 is 6.49. The molecule has 0 atom stereocenters. The highest BCUT2D eigenvalue weighted by Crippen LogP contribution is 2.22. The van der Waals surface area contributed by atoms with E-state index in [9.17, 15) is 19.7 Å². The zero-order valence-electron chi connectivity index (χ0n) is 15.4. The van der Waals surface area contributed by atoms with Crippen LogP contribution in [-0.4, -0.2) is 38.2 Å². The summed E-state index contributed by atoms with van der Waals surface area (Å²) in [5.74, 6) is -1.36. The van der Waals surface area contributed by atoms with Gasteiger partial charge in [0.15, 0.2) is 5.65 Å². The molecule has 0 unspecified atom stereocenters. The Morgan fingerprint density at radius 2 is 1.96 bits per heavy atom. The Labute approximate surface area is 159 Å². The minimum atomic E-state index is -0.741. The summed E-state index contributed by atoms with van der Waals surface area (Å²) in [6.45, 7) is 3.55. The number of carbonyl (C=O) groups excluding carboxylic acids is 2. The van der Waals surface area contributed by atoms with E-state index in [2.05, 4.69) is 15.4 Å². The highest BCUT2D eigenvalue weighted by Gasteiger charge is 2.19. The van der Waals surface area contributed by atoms with Crippen LogP contribution in [0.1, 0.15) is 33.3 Å². The fourth-order valence-electron chi connectivity index (χ4n) is 2.76. The molecule has 1 aromatic carbocycles. The number of carbonyl (C=O) groups is 2. The number of ether oxygens (including phenoxy) is 1. The SMILES string of the molecule is CCOC(=O)c1cc(C(=O)Nc2cnc3c(c2)c(C)nn3C)cc([N+](=O)[O-])c1. The minimum absolute atomic E-state index is 0.0414. The van der Waals surface area contributed by atoms with Gasteiger partial charge in [0, 0.05) is 30.1 Å². The average Bonchev–Trinajstić information content (AvgIpc) is 2.95. The Bertz CT molecular complexity index is 1110. The number of pyridine rings is 1. The summed E-state index contributed by atoms with van der Waals surface area (Å²) >= 11 is 0. The smallest absolute Gasteiger partial charge is 0.338 e. The monoisotopic (exact) mass is 383 g/mol. The molecule has 0 spiro atoms. The molecule has 3 aromatic rings. The number of anilines is 1. The van der Waals surface area contributed by atoms with Gasteiger partial charge in [0.05, 0.1) is 34.7 Å². The molecule has 28 heavy (non-hydrogen) atoms. The lowest BCUT2D eigenvalue weighted by Gasteiger charge is -2.08. The van der Waals surface area contributed by atoms with Gasteiger partial charge in [-0.25, -0.2) is 9.78 Å². The molecule has 10 nitrogen and oxygen atoms in total. The van der Waals surface area contributed by atoms with Crippen LogP contribution in [0, 0.1) is 17.0 Å². The van der Waals surface area contributed by atoms with E-state index in [-0.39, 0.29) is 23.4 Å². The third kappa shape index (κ3) is 3.65. The lowest BCUT2D eigenvalue weighted by Crippen LogP contribution is -2.14. The number of benzene rings is 1. The number of nitro benzene ring substituents is 1. The van der Waals surface area contributed by atoms with Crippen molar-refractivity contribution >= 4 is 34.3 Å². The Balaban J connectivity index is 1.94. The topological polar surface area (TPSA) is 129 Å². The van der Waals surface area contributed by atoms with Crippen LogP contribution >= 0.6 is 0 Å². The van der Waals surface area contributed by atoms with E-state index in [1.807, 2.05) is 6.92 Å². The van der Waals surface area contributed by atoms with E-state index in [4.69, 9.17) is 4.74 Å². The average molecular weight is 383 g/mol. The molecule has 2 aromatic heterocycles. The van der Waals surface area contributed by atoms with Gasteiger partial charge >= 0.3 is 5.97 Å². The number of hydrogen-bond acceptors (Lipinski definition) is 7. The van der Waals surface area contributed by atoms with Gasteiger partial charge in [-0.1, -0.05) is 0 Å². The third-order valence-corrected chi connectivity index (χ3v) is 4.02. The molecule has 1 N–H and O–H groups in total. The van der Waals surface area contributed by atoms with Crippen molar-refractivity contribution in [2.45, 2.75) is 13.8 Å². The van der Waals surface area contributed by atoms with Gasteiger partial charge in [-0.15, -0.1) is 0 Å². The maximum absolute atomic E-state index is 12.6. The number of hydrogen-bond donors (Lipinski definition) is 1. The molecule has 0 fully saturated rings. The molecule has 0 aliphatic heterocycles. The highest BCUT2D eigenvalue weighted by molar-refractivity contribution is 6.06. The summed E-state index contributed by atoms with van der Waals surface area (Å²) in [7, 11) is 1.76. The summed E-state index contributed by atoms with van der Waals surface area (Å²) in [6, 6.07) is 5.13. The van der Waals surface area contributed by atoms with Crippen LogP contribution in [0.25, 0.3) is 11.0 Å². The molecule has 0 radical (unpaired) electrons. The van der Waals surface area contributed by atoms with E-state index in [1.54, 1.807) is 24.7 Å². The van der Waals surface area contributed by atoms with Crippen molar-refractivity contribution in [2.24, 2.45) is 7.05 Å². The van der Waals surface area contributed by atoms with E-state index < -0.39 is 16.8 Å². The zero-order chi connectivity index (χ0) is 20.4. The van der Waals surface area contributed by atoms with Gasteiger partial charge in [0.25, 0.3) is 11.6 Å². The number of nitrogens with one attached hydrogen (secondary N) is 1. The third-order valence-electron chi connectivity index (χ3n) is 4.02. The molecule has 1 amide bonds. The number of amides is 1. The fourth-order valence-corrected chi connectivity index (χ4v) is 2.76.